The van der Waals surface area contributed by atoms with Gasteiger partial charge in [-0.25, -0.2) is 26.3 Å². The maximum atomic E-state index is 13.6. The first-order valence-corrected chi connectivity index (χ1v) is 31.7. The molecule has 88 heavy (non-hydrogen) atoms. The Labute approximate surface area is 511 Å². The summed E-state index contributed by atoms with van der Waals surface area (Å²) >= 11 is 0. The van der Waals surface area contributed by atoms with Crippen LogP contribution >= 0.6 is 0 Å². The number of hydrogen-bond donors (Lipinski definition) is 9. The minimum absolute atomic E-state index is 0.121. The van der Waals surface area contributed by atoms with Crippen molar-refractivity contribution in [2.45, 2.75) is 142 Å². The van der Waals surface area contributed by atoms with E-state index in [0.29, 0.717) is 28.1 Å². The first kappa shape index (κ1) is 72.5. The van der Waals surface area contributed by atoms with E-state index in [2.05, 4.69) is 40.1 Å². The number of rotatable bonds is 15. The second-order valence-electron chi connectivity index (χ2n) is 18.8. The Morgan fingerprint density at radius 3 is 2.01 bits per heavy atom. The van der Waals surface area contributed by atoms with E-state index in [1.54, 1.807) is 31.2 Å². The molecule has 1 aromatic heterocycles. The number of nitrogens with one attached hydrogen (secondary N) is 4. The fraction of sp³-hybridized carbons (Fsp3) is 0.393. The monoisotopic (exact) mass is 1260 g/mol. The van der Waals surface area contributed by atoms with Crippen molar-refractivity contribution in [1.82, 2.24) is 30.9 Å². The highest BCUT2D eigenvalue weighted by Crippen LogP contribution is 2.46. The molecule has 478 valence electrons. The second-order valence-corrected chi connectivity index (χ2v) is 21.4. The Bertz CT molecular complexity index is 3820. The van der Waals surface area contributed by atoms with Crippen molar-refractivity contribution in [2.24, 2.45) is 0 Å². The normalized spacial score (nSPS) is 17.4. The molecule has 2 aliphatic heterocycles. The van der Waals surface area contributed by atoms with Crippen molar-refractivity contribution in [2.75, 3.05) is 32.0 Å². The lowest BCUT2D eigenvalue weighted by molar-refractivity contribution is -0.190. The van der Waals surface area contributed by atoms with Gasteiger partial charge in [0.1, 0.15) is 67.2 Å². The molecule has 3 unspecified atom stereocenters. The lowest BCUT2D eigenvalue weighted by Gasteiger charge is -2.41. The van der Waals surface area contributed by atoms with Crippen LogP contribution in [0.3, 0.4) is 0 Å². The van der Waals surface area contributed by atoms with E-state index in [0.717, 1.165) is 35.9 Å². The van der Waals surface area contributed by atoms with Gasteiger partial charge in [0.25, 0.3) is 5.91 Å². The smallest absolute Gasteiger partial charge is 0.336 e. The highest BCUT2D eigenvalue weighted by Gasteiger charge is 2.43. The molecule has 0 bridgehead atoms. The number of aliphatic hydroxyl groups is 3. The summed E-state index contributed by atoms with van der Waals surface area (Å²) in [5.74, 6) is -4.43. The highest BCUT2D eigenvalue weighted by molar-refractivity contribution is 7.86. The van der Waals surface area contributed by atoms with Crippen molar-refractivity contribution < 1.29 is 79.4 Å². The van der Waals surface area contributed by atoms with E-state index < -0.39 is 131 Å². The van der Waals surface area contributed by atoms with Crippen LogP contribution in [0.25, 0.3) is 55.9 Å². The number of ether oxygens (including phenoxy) is 2. The number of carboxylic acids is 1. The number of nitrogen functional groups attached to an aromatic ring is 1. The number of nitrogens with two attached hydrogens (primary N) is 1. The summed E-state index contributed by atoms with van der Waals surface area (Å²) in [6, 6.07) is 21.1. The largest absolute Gasteiger partial charge is 0.744 e. The standard InChI is InChI=1S/C50H48N8O17S2.C3H8.4C2H6/c1-23-40(44(63)43(62)36(21-59)74-23)55-37(60)20-58-42-29-9-5-4-8-27(29)35(19-24-6-2-3-7-26(24)41(42)56-57-58)73-22-38(61)53-16-17-54-49(64)25-10-11-28(32(18-25)50(65)66)39-30-12-14-33(51)47(76(67,68)69)45(30)75-46-31(39)13-15-34(52)48(46)77(70,71)72;1-3-2;4*1-2/h2-15,18,23,35-36,40,43-44,51,59,62-63H,16-17,19-22,52H2,1H3,(H,53,61)(H,54,64)(H,55,60)(H,65,66)(H,67,68,69)(H,70,71,72);3H2,1-2H3;4*1-2H3/p-2/t23-,35?,36?,40?,43-,44+;;;;;/m0...../s1. The SMILES string of the molecule is CC.CC.CC.CC.CCC.C[C@@H]1OC(CO)[C@H](O)[C@H](O)C1NC(=O)Cn1nnc2c1-c1ccccc1C(OCC(=O)NCCNC(=O)c1ccc(-c3c4ccc(=N)c(S(=O)(=O)[O-])c-4oc4c(S(=O)(=O)[O-])c(N)ccc34)c(C(=O)O)c1)Cc1ccccc1-2. The minimum Gasteiger partial charge on any atom is -0.744 e. The number of anilines is 1. The molecule has 4 aromatic carbocycles. The molecule has 5 aromatic rings. The molecular formula is C61H78N8O17S2-2. The molecule has 3 amide bonds. The Hall–Kier alpha value is -7.99. The third kappa shape index (κ3) is 16.4. The van der Waals surface area contributed by atoms with Crippen LogP contribution in [0.5, 0.6) is 0 Å². The molecule has 0 radical (unpaired) electrons. The number of fused-ring (bicyclic) bond motifs is 7. The van der Waals surface area contributed by atoms with E-state index in [1.165, 1.54) is 23.2 Å². The van der Waals surface area contributed by atoms with Gasteiger partial charge in [-0.3, -0.25) is 19.8 Å². The van der Waals surface area contributed by atoms with Gasteiger partial charge >= 0.3 is 5.97 Å². The van der Waals surface area contributed by atoms with Gasteiger partial charge in [-0.15, -0.1) is 5.10 Å². The van der Waals surface area contributed by atoms with E-state index in [4.69, 9.17) is 25.0 Å². The van der Waals surface area contributed by atoms with E-state index in [1.807, 2.05) is 79.7 Å². The third-order valence-corrected chi connectivity index (χ3v) is 15.0. The molecule has 6 atom stereocenters. The minimum atomic E-state index is -5.52. The number of amides is 3. The lowest BCUT2D eigenvalue weighted by atomic mass is 9.87. The quantitative estimate of drug-likeness (QED) is 0.0233. The molecule has 4 aliphatic rings. The fourth-order valence-electron chi connectivity index (χ4n) is 9.69. The Kier molecular flexibility index (Phi) is 27.0. The van der Waals surface area contributed by atoms with Crippen LogP contribution in [-0.2, 0) is 52.3 Å². The first-order valence-electron chi connectivity index (χ1n) is 28.8. The Balaban J connectivity index is 0.00000142. The van der Waals surface area contributed by atoms with E-state index in [-0.39, 0.29) is 53.7 Å². The maximum absolute atomic E-state index is 13.6. The third-order valence-electron chi connectivity index (χ3n) is 13.2. The second kappa shape index (κ2) is 32.8. The van der Waals surface area contributed by atoms with Gasteiger partial charge in [0, 0.05) is 52.7 Å². The van der Waals surface area contributed by atoms with Gasteiger partial charge in [-0.2, -0.15) is 0 Å². The average molecular weight is 1260 g/mol. The molecule has 3 heterocycles. The van der Waals surface area contributed by atoms with Gasteiger partial charge in [0.2, 0.25) is 11.8 Å². The zero-order valence-electron chi connectivity index (χ0n) is 50.9. The molecule has 1 saturated heterocycles. The maximum Gasteiger partial charge on any atom is 0.336 e. The van der Waals surface area contributed by atoms with Gasteiger partial charge in [-0.1, -0.05) is 135 Å². The Morgan fingerprint density at radius 2 is 1.39 bits per heavy atom. The summed E-state index contributed by atoms with van der Waals surface area (Å²) in [6.07, 6.45) is -3.88. The summed E-state index contributed by atoms with van der Waals surface area (Å²) in [5.41, 5.74) is 6.50. The average Bonchev–Trinajstić information content (AvgIpc) is 1.27. The highest BCUT2D eigenvalue weighted by atomic mass is 32.2. The number of aliphatic hydroxyl groups excluding tert-OH is 3. The predicted octanol–water partition coefficient (Wildman–Crippen LogP) is 6.37. The zero-order chi connectivity index (χ0) is 66.0. The Morgan fingerprint density at radius 1 is 0.784 bits per heavy atom. The molecule has 10 N–H and O–H groups in total. The fourth-order valence-corrected chi connectivity index (χ4v) is 11.1. The molecule has 2 aliphatic carbocycles. The number of hydrogen-bond acceptors (Lipinski definition) is 20. The van der Waals surface area contributed by atoms with Crippen LogP contribution in [0.2, 0.25) is 0 Å². The first-order chi connectivity index (χ1) is 42.0. The summed E-state index contributed by atoms with van der Waals surface area (Å²) < 4.78 is 93.6. The van der Waals surface area contributed by atoms with Crippen LogP contribution in [-0.4, -0.2) is 142 Å². The zero-order valence-corrected chi connectivity index (χ0v) is 52.5. The molecule has 9 rings (SSSR count). The number of benzene rings is 5. The van der Waals surface area contributed by atoms with Crippen LogP contribution in [0.4, 0.5) is 5.69 Å². The molecule has 0 saturated carbocycles. The summed E-state index contributed by atoms with van der Waals surface area (Å²) in [5, 5.41) is 65.1. The van der Waals surface area contributed by atoms with Crippen LogP contribution in [0.1, 0.15) is 121 Å². The number of nitrogens with zero attached hydrogens (tertiary/aromatic N) is 3. The van der Waals surface area contributed by atoms with Crippen LogP contribution < -0.4 is 27.0 Å². The molecule has 1 fully saturated rings. The van der Waals surface area contributed by atoms with Gasteiger partial charge in [0.15, 0.2) is 11.3 Å². The number of carboxylic acid groups (broad SMARTS) is 1. The van der Waals surface area contributed by atoms with Gasteiger partial charge in [0.05, 0.1) is 47.2 Å². The molecule has 27 heteroatoms. The summed E-state index contributed by atoms with van der Waals surface area (Å²) in [7, 11) is -11.0. The number of aromatic carboxylic acids is 1. The molecule has 0 spiro atoms. The lowest BCUT2D eigenvalue weighted by Crippen LogP contribution is -2.63. The van der Waals surface area contributed by atoms with Crippen molar-refractivity contribution in [3.8, 4) is 45.0 Å². The van der Waals surface area contributed by atoms with Crippen molar-refractivity contribution in [1.29, 1.82) is 5.41 Å². The topological polar surface area (TPSA) is 412 Å². The van der Waals surface area contributed by atoms with Crippen LogP contribution in [0.15, 0.2) is 105 Å². The van der Waals surface area contributed by atoms with Gasteiger partial charge < -0.3 is 65.1 Å². The number of aromatic nitrogens is 3. The molecule has 25 nitrogen and oxygen atoms in total. The van der Waals surface area contributed by atoms with Crippen LogP contribution in [0, 0.1) is 5.41 Å². The van der Waals surface area contributed by atoms with Crippen molar-refractivity contribution in [3.63, 3.8) is 0 Å². The van der Waals surface area contributed by atoms with Crippen molar-refractivity contribution in [3.05, 3.63) is 119 Å². The number of carbonyl (C=O) groups excluding carboxylic acids is 3. The van der Waals surface area contributed by atoms with E-state index in [9.17, 15) is 65.5 Å². The summed E-state index contributed by atoms with van der Waals surface area (Å²) in [6.45, 7) is 20.2. The molecular weight excluding hydrogens is 1180 g/mol. The predicted molar refractivity (Wildman–Crippen MR) is 327 cm³/mol. The van der Waals surface area contributed by atoms with Gasteiger partial charge in [-0.05, 0) is 60.0 Å². The van der Waals surface area contributed by atoms with Crippen molar-refractivity contribution >= 4 is 60.6 Å². The number of carbonyl (C=O) groups is 4. The van der Waals surface area contributed by atoms with E-state index >= 15 is 0 Å². The summed E-state index contributed by atoms with van der Waals surface area (Å²) in [4.78, 5) is 50.9.